The van der Waals surface area contributed by atoms with Crippen molar-refractivity contribution >= 4 is 0 Å². The topological polar surface area (TPSA) is 24.5 Å². The molecule has 3 heteroatoms. The number of morpholine rings is 1. The van der Waals surface area contributed by atoms with Crippen molar-refractivity contribution < 1.29 is 4.74 Å². The van der Waals surface area contributed by atoms with Gasteiger partial charge in [0, 0.05) is 31.7 Å². The van der Waals surface area contributed by atoms with Crippen molar-refractivity contribution in [1.29, 1.82) is 0 Å². The smallest absolute Gasteiger partial charge is 0.0730 e. The van der Waals surface area contributed by atoms with Gasteiger partial charge in [0.05, 0.1) is 12.7 Å². The highest BCUT2D eigenvalue weighted by Gasteiger charge is 2.33. The van der Waals surface area contributed by atoms with Crippen molar-refractivity contribution in [3.63, 3.8) is 0 Å². The molecule has 0 aromatic rings. The molecule has 3 atom stereocenters. The average Bonchev–Trinajstić information content (AvgIpc) is 2.39. The van der Waals surface area contributed by atoms with Crippen LogP contribution in [0.3, 0.4) is 0 Å². The Bertz CT molecular complexity index is 220. The lowest BCUT2D eigenvalue weighted by Gasteiger charge is -2.44. The van der Waals surface area contributed by atoms with Gasteiger partial charge in [-0.1, -0.05) is 19.8 Å². The van der Waals surface area contributed by atoms with E-state index in [1.807, 2.05) is 0 Å². The molecule has 3 nitrogen and oxygen atoms in total. The van der Waals surface area contributed by atoms with Crippen molar-refractivity contribution in [2.45, 2.75) is 64.1 Å². The molecule has 0 spiro atoms. The number of rotatable bonds is 5. The van der Waals surface area contributed by atoms with E-state index in [9.17, 15) is 0 Å². The first kappa shape index (κ1) is 13.3. The molecular formula is C14H28N2O. The second-order valence-electron chi connectivity index (χ2n) is 5.56. The summed E-state index contributed by atoms with van der Waals surface area (Å²) in [5, 5.41) is 3.59. The Balaban J connectivity index is 1.74. The van der Waals surface area contributed by atoms with E-state index in [0.29, 0.717) is 18.2 Å². The fraction of sp³-hybridized carbons (Fsp3) is 1.00. The maximum Gasteiger partial charge on any atom is 0.0730 e. The van der Waals surface area contributed by atoms with Crippen molar-refractivity contribution in [1.82, 2.24) is 10.2 Å². The Labute approximate surface area is 106 Å². The monoisotopic (exact) mass is 240 g/mol. The zero-order chi connectivity index (χ0) is 12.1. The molecule has 0 radical (unpaired) electrons. The molecule has 0 bridgehead atoms. The van der Waals surface area contributed by atoms with E-state index in [1.54, 1.807) is 0 Å². The SMILES string of the molecule is CCC(C)NCCN1CCOC2CCCCC21. The first-order valence-corrected chi connectivity index (χ1v) is 7.40. The third kappa shape index (κ3) is 3.67. The standard InChI is InChI=1S/C14H28N2O/c1-3-12(2)15-8-9-16-10-11-17-14-7-5-4-6-13(14)16/h12-15H,3-11H2,1-2H3. The van der Waals surface area contributed by atoms with Crippen LogP contribution in [0.15, 0.2) is 0 Å². The van der Waals surface area contributed by atoms with Crippen molar-refractivity contribution in [2.75, 3.05) is 26.2 Å². The van der Waals surface area contributed by atoms with Crippen LogP contribution in [-0.4, -0.2) is 49.3 Å². The maximum absolute atomic E-state index is 5.90. The highest BCUT2D eigenvalue weighted by molar-refractivity contribution is 4.87. The minimum atomic E-state index is 0.529. The minimum Gasteiger partial charge on any atom is -0.375 e. The van der Waals surface area contributed by atoms with Gasteiger partial charge in [0.25, 0.3) is 0 Å². The average molecular weight is 240 g/mol. The Morgan fingerprint density at radius 2 is 2.18 bits per heavy atom. The molecule has 0 aromatic heterocycles. The normalized spacial score (nSPS) is 32.1. The van der Waals surface area contributed by atoms with E-state index in [4.69, 9.17) is 4.74 Å². The Kier molecular flexibility index (Phi) is 5.26. The van der Waals surface area contributed by atoms with Crippen molar-refractivity contribution in [2.24, 2.45) is 0 Å². The van der Waals surface area contributed by atoms with Gasteiger partial charge in [-0.25, -0.2) is 0 Å². The van der Waals surface area contributed by atoms with Gasteiger partial charge in [0.2, 0.25) is 0 Å². The van der Waals surface area contributed by atoms with E-state index in [-0.39, 0.29) is 0 Å². The van der Waals surface area contributed by atoms with Crippen LogP contribution in [0.25, 0.3) is 0 Å². The van der Waals surface area contributed by atoms with E-state index in [1.165, 1.54) is 38.6 Å². The molecule has 0 aromatic carbocycles. The maximum atomic E-state index is 5.90. The molecule has 2 rings (SSSR count). The first-order valence-electron chi connectivity index (χ1n) is 7.40. The number of nitrogens with one attached hydrogen (secondary N) is 1. The fourth-order valence-corrected chi connectivity index (χ4v) is 3.05. The van der Waals surface area contributed by atoms with Gasteiger partial charge in [-0.15, -0.1) is 0 Å². The van der Waals surface area contributed by atoms with Gasteiger partial charge in [-0.05, 0) is 26.2 Å². The lowest BCUT2D eigenvalue weighted by molar-refractivity contribution is -0.0874. The molecule has 1 N–H and O–H groups in total. The highest BCUT2D eigenvalue weighted by atomic mass is 16.5. The molecule has 0 amide bonds. The molecule has 1 saturated carbocycles. The van der Waals surface area contributed by atoms with E-state index in [0.717, 1.165) is 19.7 Å². The molecule has 1 aliphatic heterocycles. The lowest BCUT2D eigenvalue weighted by Crippen LogP contribution is -2.54. The summed E-state index contributed by atoms with van der Waals surface area (Å²) < 4.78 is 5.90. The first-order chi connectivity index (χ1) is 8.31. The van der Waals surface area contributed by atoms with Crippen LogP contribution < -0.4 is 5.32 Å². The van der Waals surface area contributed by atoms with Gasteiger partial charge in [0.15, 0.2) is 0 Å². The van der Waals surface area contributed by atoms with E-state index in [2.05, 4.69) is 24.1 Å². The molecule has 1 aliphatic carbocycles. The predicted molar refractivity (Wildman–Crippen MR) is 71.3 cm³/mol. The zero-order valence-corrected chi connectivity index (χ0v) is 11.5. The molecule has 2 aliphatic rings. The van der Waals surface area contributed by atoms with Crippen LogP contribution in [-0.2, 0) is 4.74 Å². The summed E-state index contributed by atoms with van der Waals surface area (Å²) >= 11 is 0. The van der Waals surface area contributed by atoms with Crippen LogP contribution >= 0.6 is 0 Å². The minimum absolute atomic E-state index is 0.529. The fourth-order valence-electron chi connectivity index (χ4n) is 3.05. The predicted octanol–water partition coefficient (Wildman–Crippen LogP) is 2.02. The van der Waals surface area contributed by atoms with Crippen molar-refractivity contribution in [3.8, 4) is 0 Å². The summed E-state index contributed by atoms with van der Waals surface area (Å²) in [7, 11) is 0. The summed E-state index contributed by atoms with van der Waals surface area (Å²) in [6, 6.07) is 1.36. The summed E-state index contributed by atoms with van der Waals surface area (Å²) in [4.78, 5) is 2.66. The van der Waals surface area contributed by atoms with E-state index >= 15 is 0 Å². The molecule has 100 valence electrons. The van der Waals surface area contributed by atoms with Crippen LogP contribution in [0.2, 0.25) is 0 Å². The van der Waals surface area contributed by atoms with Crippen LogP contribution in [0.4, 0.5) is 0 Å². The second kappa shape index (κ2) is 6.72. The van der Waals surface area contributed by atoms with Gasteiger partial charge in [0.1, 0.15) is 0 Å². The number of fused-ring (bicyclic) bond motifs is 1. The summed E-state index contributed by atoms with van der Waals surface area (Å²) in [5.74, 6) is 0. The van der Waals surface area contributed by atoms with Crippen molar-refractivity contribution in [3.05, 3.63) is 0 Å². The molecule has 3 unspecified atom stereocenters. The third-order valence-electron chi connectivity index (χ3n) is 4.35. The Morgan fingerprint density at radius 3 is 3.00 bits per heavy atom. The molecule has 17 heavy (non-hydrogen) atoms. The third-order valence-corrected chi connectivity index (χ3v) is 4.35. The Hall–Kier alpha value is -0.120. The van der Waals surface area contributed by atoms with Gasteiger partial charge in [-0.2, -0.15) is 0 Å². The quantitative estimate of drug-likeness (QED) is 0.795. The van der Waals surface area contributed by atoms with Crippen LogP contribution in [0.5, 0.6) is 0 Å². The van der Waals surface area contributed by atoms with Gasteiger partial charge in [-0.3, -0.25) is 4.90 Å². The van der Waals surface area contributed by atoms with E-state index < -0.39 is 0 Å². The van der Waals surface area contributed by atoms with Gasteiger partial charge >= 0.3 is 0 Å². The summed E-state index contributed by atoms with van der Waals surface area (Å²) in [6.45, 7) is 8.88. The second-order valence-corrected chi connectivity index (χ2v) is 5.56. The summed E-state index contributed by atoms with van der Waals surface area (Å²) in [5.41, 5.74) is 0. The molecule has 1 saturated heterocycles. The summed E-state index contributed by atoms with van der Waals surface area (Å²) in [6.07, 6.45) is 7.12. The van der Waals surface area contributed by atoms with Crippen LogP contribution in [0, 0.1) is 0 Å². The van der Waals surface area contributed by atoms with Gasteiger partial charge < -0.3 is 10.1 Å². The zero-order valence-electron chi connectivity index (χ0n) is 11.5. The number of hydrogen-bond acceptors (Lipinski definition) is 3. The molecular weight excluding hydrogens is 212 g/mol. The lowest BCUT2D eigenvalue weighted by atomic mass is 9.90. The van der Waals surface area contributed by atoms with Crippen LogP contribution in [0.1, 0.15) is 46.0 Å². The molecule has 1 heterocycles. The number of hydrogen-bond donors (Lipinski definition) is 1. The number of ether oxygens (including phenoxy) is 1. The largest absolute Gasteiger partial charge is 0.375 e. The Morgan fingerprint density at radius 1 is 1.35 bits per heavy atom. The highest BCUT2D eigenvalue weighted by Crippen LogP contribution is 2.27. The molecule has 2 fully saturated rings. The number of nitrogens with zero attached hydrogens (tertiary/aromatic N) is 1.